The number of ketones is 1. The molecule has 5 nitrogen and oxygen atoms in total. The summed E-state index contributed by atoms with van der Waals surface area (Å²) in [7, 11) is 0. The van der Waals surface area contributed by atoms with Crippen LogP contribution in [0.4, 0.5) is 0 Å². The Labute approximate surface area is 209 Å². The molecular weight excluding hydrogens is 500 g/mol. The standard InChI is InChI=1S/C26H33BrN2O3S/c1-3-5-14-28(15-6-4-2)16-8-17-29-23(21-9-7-18-33-21)22(25(31)26(29)32)24(30)19-10-12-20(27)13-11-19/h7,9-13,18,23,30H,3-6,8,14-17H2,1-2H3/t23-/m1/s1. The molecule has 0 bridgehead atoms. The summed E-state index contributed by atoms with van der Waals surface area (Å²) in [5.41, 5.74) is 0.710. The highest BCUT2D eigenvalue weighted by Crippen LogP contribution is 2.41. The van der Waals surface area contributed by atoms with Crippen LogP contribution in [0.3, 0.4) is 0 Å². The van der Waals surface area contributed by atoms with Crippen LogP contribution in [0.25, 0.3) is 5.76 Å². The number of aliphatic hydroxyl groups excluding tert-OH is 1. The first-order chi connectivity index (χ1) is 16.0. The molecule has 178 valence electrons. The van der Waals surface area contributed by atoms with E-state index in [1.165, 1.54) is 11.3 Å². The molecule has 7 heteroatoms. The SMILES string of the molecule is CCCCN(CCCC)CCCN1C(=O)C(=O)C(=C(O)c2ccc(Br)cc2)[C@H]1c1cccs1. The van der Waals surface area contributed by atoms with Gasteiger partial charge in [-0.05, 0) is 62.5 Å². The summed E-state index contributed by atoms with van der Waals surface area (Å²) in [4.78, 5) is 31.1. The molecule has 1 aliphatic heterocycles. The van der Waals surface area contributed by atoms with E-state index < -0.39 is 17.7 Å². The van der Waals surface area contributed by atoms with E-state index in [1.807, 2.05) is 29.6 Å². The quantitative estimate of drug-likeness (QED) is 0.200. The molecule has 1 aliphatic rings. The second-order valence-corrected chi connectivity index (χ2v) is 10.3. The Morgan fingerprint density at radius 3 is 2.24 bits per heavy atom. The van der Waals surface area contributed by atoms with E-state index in [1.54, 1.807) is 17.0 Å². The van der Waals surface area contributed by atoms with Crippen LogP contribution in [-0.4, -0.2) is 52.8 Å². The van der Waals surface area contributed by atoms with Gasteiger partial charge in [0, 0.05) is 21.5 Å². The van der Waals surface area contributed by atoms with Crippen LogP contribution < -0.4 is 0 Å². The molecule has 2 heterocycles. The second kappa shape index (κ2) is 12.5. The maximum atomic E-state index is 13.1. The van der Waals surface area contributed by atoms with Gasteiger partial charge in [-0.2, -0.15) is 0 Å². The van der Waals surface area contributed by atoms with E-state index in [2.05, 4.69) is 34.7 Å². The number of hydrogen-bond donors (Lipinski definition) is 1. The second-order valence-electron chi connectivity index (χ2n) is 8.42. The maximum absolute atomic E-state index is 13.1. The number of nitrogens with zero attached hydrogens (tertiary/aromatic N) is 2. The molecule has 0 aliphatic carbocycles. The van der Waals surface area contributed by atoms with Gasteiger partial charge in [-0.3, -0.25) is 9.59 Å². The van der Waals surface area contributed by atoms with E-state index >= 15 is 0 Å². The van der Waals surface area contributed by atoms with E-state index in [4.69, 9.17) is 0 Å². The van der Waals surface area contributed by atoms with Crippen LogP contribution in [-0.2, 0) is 9.59 Å². The van der Waals surface area contributed by atoms with Crippen molar-refractivity contribution in [2.75, 3.05) is 26.2 Å². The van der Waals surface area contributed by atoms with Crippen LogP contribution >= 0.6 is 27.3 Å². The normalized spacial score (nSPS) is 17.9. The lowest BCUT2D eigenvalue weighted by Gasteiger charge is -2.26. The summed E-state index contributed by atoms with van der Waals surface area (Å²) in [6.07, 6.45) is 5.44. The average molecular weight is 534 g/mol. The van der Waals surface area contributed by atoms with Gasteiger partial charge in [-0.1, -0.05) is 60.8 Å². The summed E-state index contributed by atoms with van der Waals surface area (Å²) in [6.45, 7) is 7.90. The van der Waals surface area contributed by atoms with Crippen LogP contribution in [0.5, 0.6) is 0 Å². The summed E-state index contributed by atoms with van der Waals surface area (Å²) in [5, 5.41) is 13.0. The molecule has 1 aromatic carbocycles. The van der Waals surface area contributed by atoms with Crippen molar-refractivity contribution < 1.29 is 14.7 Å². The average Bonchev–Trinajstić information content (AvgIpc) is 3.43. The number of carbonyl (C=O) groups is 2. The topological polar surface area (TPSA) is 60.9 Å². The Hall–Kier alpha value is -1.96. The number of carbonyl (C=O) groups excluding carboxylic acids is 2. The van der Waals surface area contributed by atoms with Crippen LogP contribution in [0.2, 0.25) is 0 Å². The van der Waals surface area contributed by atoms with Crippen molar-refractivity contribution in [2.45, 2.75) is 52.0 Å². The fourth-order valence-electron chi connectivity index (χ4n) is 4.18. The van der Waals surface area contributed by atoms with Gasteiger partial charge in [0.25, 0.3) is 11.7 Å². The molecule has 1 atom stereocenters. The van der Waals surface area contributed by atoms with Gasteiger partial charge in [0.2, 0.25) is 0 Å². The van der Waals surface area contributed by atoms with Gasteiger partial charge >= 0.3 is 0 Å². The Kier molecular flexibility index (Phi) is 9.71. The highest BCUT2D eigenvalue weighted by molar-refractivity contribution is 9.10. The summed E-state index contributed by atoms with van der Waals surface area (Å²) >= 11 is 4.89. The predicted octanol–water partition coefficient (Wildman–Crippen LogP) is 6.22. The number of halogens is 1. The van der Waals surface area contributed by atoms with Crippen molar-refractivity contribution >= 4 is 44.7 Å². The molecule has 1 saturated heterocycles. The fraction of sp³-hybridized carbons (Fsp3) is 0.462. The lowest BCUT2D eigenvalue weighted by atomic mass is 10.00. The van der Waals surface area contributed by atoms with Crippen LogP contribution in [0, 0.1) is 0 Å². The zero-order chi connectivity index (χ0) is 23.8. The highest BCUT2D eigenvalue weighted by atomic mass is 79.9. The fourth-order valence-corrected chi connectivity index (χ4v) is 5.29. The van der Waals surface area contributed by atoms with Gasteiger partial charge in [0.15, 0.2) is 0 Å². The Balaban J connectivity index is 1.83. The van der Waals surface area contributed by atoms with Crippen molar-refractivity contribution in [3.05, 3.63) is 62.3 Å². The van der Waals surface area contributed by atoms with Crippen LogP contribution in [0.15, 0.2) is 51.8 Å². The number of Topliss-reactive ketones (excluding diaryl/α,β-unsaturated/α-hetero) is 1. The molecule has 0 radical (unpaired) electrons. The zero-order valence-electron chi connectivity index (χ0n) is 19.4. The molecule has 33 heavy (non-hydrogen) atoms. The lowest BCUT2D eigenvalue weighted by Crippen LogP contribution is -2.34. The Morgan fingerprint density at radius 1 is 1.03 bits per heavy atom. The first-order valence-electron chi connectivity index (χ1n) is 11.8. The summed E-state index contributed by atoms with van der Waals surface area (Å²) in [6, 6.07) is 10.4. The van der Waals surface area contributed by atoms with Gasteiger partial charge in [-0.15, -0.1) is 11.3 Å². The lowest BCUT2D eigenvalue weighted by molar-refractivity contribution is -0.139. The molecule has 0 unspecified atom stereocenters. The molecule has 1 amide bonds. The van der Waals surface area contributed by atoms with Crippen molar-refractivity contribution in [3.63, 3.8) is 0 Å². The molecule has 1 aromatic heterocycles. The maximum Gasteiger partial charge on any atom is 0.295 e. The number of amides is 1. The van der Waals surface area contributed by atoms with Crippen molar-refractivity contribution in [2.24, 2.45) is 0 Å². The Morgan fingerprint density at radius 2 is 1.67 bits per heavy atom. The molecular formula is C26H33BrN2O3S. The number of rotatable bonds is 12. The highest BCUT2D eigenvalue weighted by Gasteiger charge is 2.46. The molecule has 2 aromatic rings. The van der Waals surface area contributed by atoms with Gasteiger partial charge in [0.1, 0.15) is 5.76 Å². The minimum Gasteiger partial charge on any atom is -0.507 e. The minimum atomic E-state index is -0.609. The first kappa shape index (κ1) is 25.7. The van der Waals surface area contributed by atoms with Crippen molar-refractivity contribution in [1.29, 1.82) is 0 Å². The number of thiophene rings is 1. The van der Waals surface area contributed by atoms with Crippen molar-refractivity contribution in [3.8, 4) is 0 Å². The predicted molar refractivity (Wildman–Crippen MR) is 138 cm³/mol. The van der Waals surface area contributed by atoms with Crippen LogP contribution in [0.1, 0.15) is 62.4 Å². The van der Waals surface area contributed by atoms with E-state index in [-0.39, 0.29) is 11.3 Å². The first-order valence-corrected chi connectivity index (χ1v) is 13.4. The number of hydrogen-bond acceptors (Lipinski definition) is 5. The molecule has 3 rings (SSSR count). The third-order valence-corrected chi connectivity index (χ3v) is 7.45. The summed E-state index contributed by atoms with van der Waals surface area (Å²) < 4.78 is 0.880. The van der Waals surface area contributed by atoms with Gasteiger partial charge in [-0.25, -0.2) is 0 Å². The van der Waals surface area contributed by atoms with E-state index in [0.29, 0.717) is 12.1 Å². The minimum absolute atomic E-state index is 0.116. The van der Waals surface area contributed by atoms with E-state index in [9.17, 15) is 14.7 Å². The monoisotopic (exact) mass is 532 g/mol. The molecule has 1 fully saturated rings. The molecule has 0 saturated carbocycles. The van der Waals surface area contributed by atoms with E-state index in [0.717, 1.165) is 61.1 Å². The summed E-state index contributed by atoms with van der Waals surface area (Å²) in [5.74, 6) is -1.25. The van der Waals surface area contributed by atoms with Crippen molar-refractivity contribution in [1.82, 2.24) is 9.80 Å². The number of benzene rings is 1. The molecule has 0 spiro atoms. The smallest absolute Gasteiger partial charge is 0.295 e. The third kappa shape index (κ3) is 6.34. The third-order valence-electron chi connectivity index (χ3n) is 6.00. The molecule has 1 N–H and O–H groups in total. The zero-order valence-corrected chi connectivity index (χ0v) is 21.8. The number of unbranched alkanes of at least 4 members (excludes halogenated alkanes) is 2. The number of aliphatic hydroxyl groups is 1. The Bertz CT molecular complexity index is 948. The number of likely N-dealkylation sites (tertiary alicyclic amines) is 1. The largest absolute Gasteiger partial charge is 0.507 e. The van der Waals surface area contributed by atoms with Gasteiger partial charge in [0.05, 0.1) is 11.6 Å². The van der Waals surface area contributed by atoms with Gasteiger partial charge < -0.3 is 14.9 Å².